The van der Waals surface area contributed by atoms with Gasteiger partial charge in [0.2, 0.25) is 10.0 Å². The van der Waals surface area contributed by atoms with Crippen molar-refractivity contribution in [3.8, 4) is 0 Å². The number of nitrogen functional groups attached to an aromatic ring is 1. The molecule has 1 aromatic carbocycles. The van der Waals surface area contributed by atoms with E-state index in [1.807, 2.05) is 18.7 Å². The third-order valence-corrected chi connectivity index (χ3v) is 6.08. The number of sulfonamides is 1. The molecule has 100 valence electrons. The van der Waals surface area contributed by atoms with Crippen LogP contribution in [-0.2, 0) is 10.0 Å². The van der Waals surface area contributed by atoms with Crippen molar-refractivity contribution in [2.45, 2.75) is 24.0 Å². The minimum atomic E-state index is -3.37. The molecule has 2 rings (SSSR count). The average Bonchev–Trinajstić information content (AvgIpc) is 2.32. The molecule has 1 aliphatic rings. The normalized spacial score (nSPS) is 22.0. The fourth-order valence-corrected chi connectivity index (χ4v) is 4.80. The first-order valence-electron chi connectivity index (χ1n) is 5.89. The number of nitrogens with zero attached hydrogens (tertiary/aromatic N) is 1. The number of rotatable bonds is 2. The monoisotopic (exact) mass is 286 g/mol. The van der Waals surface area contributed by atoms with E-state index >= 15 is 0 Å². The smallest absolute Gasteiger partial charge is 0.243 e. The quantitative estimate of drug-likeness (QED) is 0.841. The maximum atomic E-state index is 12.5. The van der Waals surface area contributed by atoms with Crippen LogP contribution >= 0.6 is 11.8 Å². The van der Waals surface area contributed by atoms with Crippen LogP contribution in [0.25, 0.3) is 0 Å². The van der Waals surface area contributed by atoms with Gasteiger partial charge in [-0.3, -0.25) is 0 Å². The highest BCUT2D eigenvalue weighted by molar-refractivity contribution is 8.00. The van der Waals surface area contributed by atoms with Crippen LogP contribution in [0.3, 0.4) is 0 Å². The first-order chi connectivity index (χ1) is 8.41. The fraction of sp³-hybridized carbons (Fsp3) is 0.500. The number of hydrogen-bond donors (Lipinski definition) is 1. The first kappa shape index (κ1) is 13.7. The van der Waals surface area contributed by atoms with Gasteiger partial charge in [0.15, 0.2) is 0 Å². The lowest BCUT2D eigenvalue weighted by Crippen LogP contribution is -2.40. The van der Waals surface area contributed by atoms with Gasteiger partial charge >= 0.3 is 0 Å². The van der Waals surface area contributed by atoms with Crippen LogP contribution in [-0.4, -0.2) is 36.8 Å². The molecule has 1 saturated heterocycles. The number of nitrogens with two attached hydrogens (primary N) is 1. The molecular weight excluding hydrogens is 268 g/mol. The predicted octanol–water partition coefficient (Wildman–Crippen LogP) is 1.70. The van der Waals surface area contributed by atoms with Crippen LogP contribution in [0, 0.1) is 6.92 Å². The third kappa shape index (κ3) is 2.65. The van der Waals surface area contributed by atoms with Gasteiger partial charge in [0.1, 0.15) is 0 Å². The summed E-state index contributed by atoms with van der Waals surface area (Å²) in [7, 11) is -3.37. The maximum absolute atomic E-state index is 12.5. The third-order valence-electron chi connectivity index (χ3n) is 3.08. The fourth-order valence-electron chi connectivity index (χ4n) is 1.96. The summed E-state index contributed by atoms with van der Waals surface area (Å²) >= 11 is 1.81. The molecule has 0 spiro atoms. The molecule has 0 aromatic heterocycles. The van der Waals surface area contributed by atoms with Crippen molar-refractivity contribution in [2.24, 2.45) is 0 Å². The summed E-state index contributed by atoms with van der Waals surface area (Å²) in [5, 5.41) is 0.350. The average molecular weight is 286 g/mol. The van der Waals surface area contributed by atoms with Crippen molar-refractivity contribution in [3.05, 3.63) is 23.8 Å². The Labute approximate surface area is 113 Å². The molecule has 18 heavy (non-hydrogen) atoms. The second-order valence-corrected chi connectivity index (χ2v) is 8.05. The van der Waals surface area contributed by atoms with Gasteiger partial charge in [-0.25, -0.2) is 8.42 Å². The second-order valence-electron chi connectivity index (χ2n) is 4.56. The van der Waals surface area contributed by atoms with E-state index in [2.05, 4.69) is 6.92 Å². The van der Waals surface area contributed by atoms with Gasteiger partial charge in [0.05, 0.1) is 4.90 Å². The van der Waals surface area contributed by atoms with Crippen molar-refractivity contribution in [3.63, 3.8) is 0 Å². The molecule has 1 heterocycles. The molecule has 6 heteroatoms. The van der Waals surface area contributed by atoms with Gasteiger partial charge in [0, 0.05) is 29.8 Å². The molecule has 0 amide bonds. The van der Waals surface area contributed by atoms with Gasteiger partial charge in [0.25, 0.3) is 0 Å². The zero-order valence-electron chi connectivity index (χ0n) is 10.6. The Kier molecular flexibility index (Phi) is 3.89. The van der Waals surface area contributed by atoms with Crippen molar-refractivity contribution >= 4 is 27.5 Å². The van der Waals surface area contributed by atoms with E-state index in [1.54, 1.807) is 22.5 Å². The molecule has 0 saturated carbocycles. The van der Waals surface area contributed by atoms with Crippen LogP contribution in [0.1, 0.15) is 12.5 Å². The summed E-state index contributed by atoms with van der Waals surface area (Å²) in [6, 6.07) is 4.89. The summed E-state index contributed by atoms with van der Waals surface area (Å²) < 4.78 is 26.5. The Morgan fingerprint density at radius 1 is 1.44 bits per heavy atom. The lowest BCUT2D eigenvalue weighted by molar-refractivity contribution is 0.424. The lowest BCUT2D eigenvalue weighted by Gasteiger charge is -2.29. The molecule has 0 aliphatic carbocycles. The molecule has 0 radical (unpaired) electrons. The van der Waals surface area contributed by atoms with E-state index < -0.39 is 10.0 Å². The Balaban J connectivity index is 2.32. The molecule has 1 unspecified atom stereocenters. The van der Waals surface area contributed by atoms with E-state index in [1.165, 1.54) is 0 Å². The van der Waals surface area contributed by atoms with Crippen LogP contribution in [0.5, 0.6) is 0 Å². The Morgan fingerprint density at radius 3 is 2.78 bits per heavy atom. The number of anilines is 1. The molecule has 1 aliphatic heterocycles. The highest BCUT2D eigenvalue weighted by Crippen LogP contribution is 2.25. The summed E-state index contributed by atoms with van der Waals surface area (Å²) in [5.74, 6) is 0.856. The standard InChI is InChI=1S/C12H18N2O2S2/c1-9-7-11(3-4-12(9)13)18(15,16)14-5-6-17-10(2)8-14/h3-4,7,10H,5-6,8,13H2,1-2H3. The SMILES string of the molecule is Cc1cc(S(=O)(=O)N2CCSC(C)C2)ccc1N. The zero-order chi connectivity index (χ0) is 13.3. The Hall–Kier alpha value is -0.720. The van der Waals surface area contributed by atoms with Gasteiger partial charge in [-0.1, -0.05) is 6.92 Å². The van der Waals surface area contributed by atoms with E-state index in [-0.39, 0.29) is 0 Å². The van der Waals surface area contributed by atoms with Gasteiger partial charge < -0.3 is 5.73 Å². The molecule has 1 atom stereocenters. The lowest BCUT2D eigenvalue weighted by atomic mass is 10.2. The summed E-state index contributed by atoms with van der Waals surface area (Å²) in [5.41, 5.74) is 7.14. The number of hydrogen-bond acceptors (Lipinski definition) is 4. The number of aryl methyl sites for hydroxylation is 1. The Morgan fingerprint density at radius 2 is 2.17 bits per heavy atom. The van der Waals surface area contributed by atoms with Crippen LogP contribution < -0.4 is 5.73 Å². The number of thioether (sulfide) groups is 1. The van der Waals surface area contributed by atoms with E-state index in [0.717, 1.165) is 11.3 Å². The van der Waals surface area contributed by atoms with Crippen molar-refractivity contribution in [1.29, 1.82) is 0 Å². The Bertz CT molecular complexity index is 543. The van der Waals surface area contributed by atoms with Crippen LogP contribution in [0.15, 0.2) is 23.1 Å². The van der Waals surface area contributed by atoms with E-state index in [0.29, 0.717) is 28.9 Å². The maximum Gasteiger partial charge on any atom is 0.243 e. The first-order valence-corrected chi connectivity index (χ1v) is 8.38. The molecule has 2 N–H and O–H groups in total. The molecule has 4 nitrogen and oxygen atoms in total. The second kappa shape index (κ2) is 5.11. The van der Waals surface area contributed by atoms with Crippen molar-refractivity contribution in [2.75, 3.05) is 24.6 Å². The van der Waals surface area contributed by atoms with E-state index in [9.17, 15) is 8.42 Å². The minimum Gasteiger partial charge on any atom is -0.399 e. The largest absolute Gasteiger partial charge is 0.399 e. The van der Waals surface area contributed by atoms with Crippen LogP contribution in [0.2, 0.25) is 0 Å². The van der Waals surface area contributed by atoms with E-state index in [4.69, 9.17) is 5.73 Å². The molecular formula is C12H18N2O2S2. The minimum absolute atomic E-state index is 0.341. The van der Waals surface area contributed by atoms with Crippen molar-refractivity contribution < 1.29 is 8.42 Å². The zero-order valence-corrected chi connectivity index (χ0v) is 12.2. The summed E-state index contributed by atoms with van der Waals surface area (Å²) in [4.78, 5) is 0.341. The highest BCUT2D eigenvalue weighted by Gasteiger charge is 2.28. The topological polar surface area (TPSA) is 63.4 Å². The van der Waals surface area contributed by atoms with Crippen LogP contribution in [0.4, 0.5) is 5.69 Å². The van der Waals surface area contributed by atoms with Gasteiger partial charge in [-0.05, 0) is 30.7 Å². The van der Waals surface area contributed by atoms with Gasteiger partial charge in [-0.2, -0.15) is 16.1 Å². The predicted molar refractivity (Wildman–Crippen MR) is 76.3 cm³/mol. The van der Waals surface area contributed by atoms with Crippen molar-refractivity contribution in [1.82, 2.24) is 4.31 Å². The summed E-state index contributed by atoms with van der Waals surface area (Å²) in [6.45, 7) is 5.04. The summed E-state index contributed by atoms with van der Waals surface area (Å²) in [6.07, 6.45) is 0. The molecule has 1 aromatic rings. The number of benzene rings is 1. The molecule has 0 bridgehead atoms. The highest BCUT2D eigenvalue weighted by atomic mass is 32.2. The molecule has 1 fully saturated rings. The van der Waals surface area contributed by atoms with Gasteiger partial charge in [-0.15, -0.1) is 0 Å².